The van der Waals surface area contributed by atoms with E-state index in [9.17, 15) is 4.79 Å². The molecule has 5 nitrogen and oxygen atoms in total. The third kappa shape index (κ3) is 4.04. The Hall–Kier alpha value is -2.47. The van der Waals surface area contributed by atoms with Crippen molar-refractivity contribution in [1.29, 1.82) is 0 Å². The highest BCUT2D eigenvalue weighted by molar-refractivity contribution is 7.09. The number of thiazole rings is 1. The van der Waals surface area contributed by atoms with Crippen molar-refractivity contribution >= 4 is 17.2 Å². The summed E-state index contributed by atoms with van der Waals surface area (Å²) in [5.74, 6) is 1.10. The first kappa shape index (κ1) is 15.4. The molecule has 0 fully saturated rings. The number of aromatic nitrogens is 2. The van der Waals surface area contributed by atoms with Gasteiger partial charge < -0.3 is 9.73 Å². The van der Waals surface area contributed by atoms with Gasteiger partial charge in [-0.15, -0.1) is 11.3 Å². The number of nitrogens with zero attached hydrogens (tertiary/aromatic N) is 2. The first-order chi connectivity index (χ1) is 11.2. The van der Waals surface area contributed by atoms with Crippen LogP contribution in [0.3, 0.4) is 0 Å². The molecule has 0 aliphatic heterocycles. The summed E-state index contributed by atoms with van der Waals surface area (Å²) in [4.78, 5) is 20.5. The number of nitrogens with one attached hydrogen (secondary N) is 1. The molecular formula is C17H17N3O2S. The fourth-order valence-electron chi connectivity index (χ4n) is 2.12. The average Bonchev–Trinajstić information content (AvgIpc) is 3.23. The second-order valence-electron chi connectivity index (χ2n) is 5.02. The quantitative estimate of drug-likeness (QED) is 0.755. The van der Waals surface area contributed by atoms with Crippen LogP contribution in [0, 0.1) is 0 Å². The maximum absolute atomic E-state index is 11.9. The van der Waals surface area contributed by atoms with Gasteiger partial charge in [-0.25, -0.2) is 9.97 Å². The lowest BCUT2D eigenvalue weighted by Gasteiger charge is -2.01. The molecule has 0 aliphatic carbocycles. The van der Waals surface area contributed by atoms with Gasteiger partial charge in [0.15, 0.2) is 5.76 Å². The maximum Gasteiger partial charge on any atom is 0.226 e. The summed E-state index contributed by atoms with van der Waals surface area (Å²) < 4.78 is 5.65. The van der Waals surface area contributed by atoms with Gasteiger partial charge in [-0.1, -0.05) is 37.3 Å². The number of rotatable bonds is 6. The zero-order chi connectivity index (χ0) is 16.1. The SMILES string of the molecule is CCc1nc(CC(=O)NCc2ncc(-c3ccccc3)o2)cs1. The van der Waals surface area contributed by atoms with Crippen LogP contribution in [0.25, 0.3) is 11.3 Å². The van der Waals surface area contributed by atoms with Crippen molar-refractivity contribution in [3.8, 4) is 11.3 Å². The molecule has 0 saturated heterocycles. The van der Waals surface area contributed by atoms with E-state index in [4.69, 9.17) is 4.42 Å². The van der Waals surface area contributed by atoms with Crippen LogP contribution in [0.4, 0.5) is 0 Å². The first-order valence-electron chi connectivity index (χ1n) is 7.44. The lowest BCUT2D eigenvalue weighted by molar-refractivity contribution is -0.120. The number of amides is 1. The Labute approximate surface area is 138 Å². The molecule has 0 unspecified atom stereocenters. The van der Waals surface area contributed by atoms with E-state index in [1.165, 1.54) is 0 Å². The van der Waals surface area contributed by atoms with Gasteiger partial charge in [0.1, 0.15) is 0 Å². The van der Waals surface area contributed by atoms with Crippen LogP contribution in [0.2, 0.25) is 0 Å². The molecule has 1 amide bonds. The van der Waals surface area contributed by atoms with E-state index in [2.05, 4.69) is 22.2 Å². The minimum Gasteiger partial charge on any atom is -0.439 e. The Morgan fingerprint density at radius 3 is 2.87 bits per heavy atom. The fourth-order valence-corrected chi connectivity index (χ4v) is 2.87. The average molecular weight is 327 g/mol. The Bertz CT molecular complexity index is 780. The Morgan fingerprint density at radius 2 is 2.13 bits per heavy atom. The third-order valence-electron chi connectivity index (χ3n) is 3.29. The van der Waals surface area contributed by atoms with Gasteiger partial charge in [0, 0.05) is 10.9 Å². The second-order valence-corrected chi connectivity index (χ2v) is 5.97. The molecule has 1 N–H and O–H groups in total. The molecule has 0 spiro atoms. The van der Waals surface area contributed by atoms with Gasteiger partial charge in [-0.2, -0.15) is 0 Å². The van der Waals surface area contributed by atoms with E-state index in [1.807, 2.05) is 35.7 Å². The maximum atomic E-state index is 11.9. The van der Waals surface area contributed by atoms with Crippen molar-refractivity contribution in [2.45, 2.75) is 26.3 Å². The molecule has 23 heavy (non-hydrogen) atoms. The minimum absolute atomic E-state index is 0.0857. The van der Waals surface area contributed by atoms with Crippen molar-refractivity contribution < 1.29 is 9.21 Å². The summed E-state index contributed by atoms with van der Waals surface area (Å²) >= 11 is 1.58. The molecule has 0 atom stereocenters. The predicted octanol–water partition coefficient (Wildman–Crippen LogP) is 3.22. The van der Waals surface area contributed by atoms with Gasteiger partial charge in [-0.05, 0) is 6.42 Å². The molecule has 0 aliphatic rings. The molecule has 0 radical (unpaired) electrons. The smallest absolute Gasteiger partial charge is 0.226 e. The number of carbonyl (C=O) groups excluding carboxylic acids is 1. The number of hydrogen-bond donors (Lipinski definition) is 1. The van der Waals surface area contributed by atoms with Gasteiger partial charge in [0.2, 0.25) is 11.8 Å². The van der Waals surface area contributed by atoms with E-state index >= 15 is 0 Å². The van der Waals surface area contributed by atoms with Crippen LogP contribution in [0.1, 0.15) is 23.5 Å². The topological polar surface area (TPSA) is 68.0 Å². The number of aryl methyl sites for hydroxylation is 1. The van der Waals surface area contributed by atoms with Crippen molar-refractivity contribution in [3.05, 3.63) is 58.5 Å². The molecule has 2 aromatic heterocycles. The molecular weight excluding hydrogens is 310 g/mol. The summed E-state index contributed by atoms with van der Waals surface area (Å²) in [5.41, 5.74) is 1.77. The highest BCUT2D eigenvalue weighted by Gasteiger charge is 2.10. The van der Waals surface area contributed by atoms with Crippen LogP contribution < -0.4 is 5.32 Å². The summed E-state index contributed by atoms with van der Waals surface area (Å²) in [5, 5.41) is 5.79. The third-order valence-corrected chi connectivity index (χ3v) is 4.33. The van der Waals surface area contributed by atoms with Crippen molar-refractivity contribution in [3.63, 3.8) is 0 Å². The van der Waals surface area contributed by atoms with E-state index in [0.29, 0.717) is 11.7 Å². The van der Waals surface area contributed by atoms with E-state index in [0.717, 1.165) is 22.7 Å². The first-order valence-corrected chi connectivity index (χ1v) is 8.32. The predicted molar refractivity (Wildman–Crippen MR) is 89.0 cm³/mol. The lowest BCUT2D eigenvalue weighted by atomic mass is 10.2. The van der Waals surface area contributed by atoms with Gasteiger partial charge >= 0.3 is 0 Å². The standard InChI is InChI=1S/C17H17N3O2S/c1-2-17-20-13(11-23-17)8-15(21)18-10-16-19-9-14(22-16)12-6-4-3-5-7-12/h3-7,9,11H,2,8,10H2,1H3,(H,18,21). The van der Waals surface area contributed by atoms with Crippen molar-refractivity contribution in [2.24, 2.45) is 0 Å². The van der Waals surface area contributed by atoms with Crippen LogP contribution >= 0.6 is 11.3 Å². The summed E-state index contributed by atoms with van der Waals surface area (Å²) in [6.45, 7) is 2.33. The van der Waals surface area contributed by atoms with Crippen molar-refractivity contribution in [2.75, 3.05) is 0 Å². The molecule has 3 aromatic rings. The van der Waals surface area contributed by atoms with Crippen LogP contribution in [0.15, 0.2) is 46.3 Å². The zero-order valence-corrected chi connectivity index (χ0v) is 13.6. The molecule has 0 bridgehead atoms. The van der Waals surface area contributed by atoms with E-state index < -0.39 is 0 Å². The normalized spacial score (nSPS) is 10.7. The van der Waals surface area contributed by atoms with Gasteiger partial charge in [0.05, 0.1) is 29.9 Å². The molecule has 0 saturated carbocycles. The molecule has 118 valence electrons. The van der Waals surface area contributed by atoms with Crippen LogP contribution in [0.5, 0.6) is 0 Å². The lowest BCUT2D eigenvalue weighted by Crippen LogP contribution is -2.24. The highest BCUT2D eigenvalue weighted by Crippen LogP contribution is 2.19. The summed E-state index contributed by atoms with van der Waals surface area (Å²) in [7, 11) is 0. The van der Waals surface area contributed by atoms with Crippen LogP contribution in [-0.4, -0.2) is 15.9 Å². The minimum atomic E-state index is -0.0857. The Kier molecular flexibility index (Phi) is 4.83. The van der Waals surface area contributed by atoms with E-state index in [-0.39, 0.29) is 18.9 Å². The largest absolute Gasteiger partial charge is 0.439 e. The van der Waals surface area contributed by atoms with Crippen molar-refractivity contribution in [1.82, 2.24) is 15.3 Å². The second kappa shape index (κ2) is 7.19. The highest BCUT2D eigenvalue weighted by atomic mass is 32.1. The number of benzene rings is 1. The molecule has 2 heterocycles. The number of carbonyl (C=O) groups is 1. The number of hydrogen-bond acceptors (Lipinski definition) is 5. The van der Waals surface area contributed by atoms with Crippen LogP contribution in [-0.2, 0) is 24.2 Å². The summed E-state index contributed by atoms with van der Waals surface area (Å²) in [6, 6.07) is 9.74. The Morgan fingerprint density at radius 1 is 1.30 bits per heavy atom. The zero-order valence-electron chi connectivity index (χ0n) is 12.8. The molecule has 6 heteroatoms. The summed E-state index contributed by atoms with van der Waals surface area (Å²) in [6.07, 6.45) is 2.85. The van der Waals surface area contributed by atoms with E-state index in [1.54, 1.807) is 17.5 Å². The molecule has 3 rings (SSSR count). The fraction of sp³-hybridized carbons (Fsp3) is 0.235. The molecule has 1 aromatic carbocycles. The monoisotopic (exact) mass is 327 g/mol. The van der Waals surface area contributed by atoms with Gasteiger partial charge in [-0.3, -0.25) is 4.79 Å². The Balaban J connectivity index is 1.54. The van der Waals surface area contributed by atoms with Gasteiger partial charge in [0.25, 0.3) is 0 Å². The number of oxazole rings is 1.